The maximum absolute atomic E-state index is 12.7. The lowest BCUT2D eigenvalue weighted by molar-refractivity contribution is -0.138. The van der Waals surface area contributed by atoms with Crippen molar-refractivity contribution in [2.75, 3.05) is 0 Å². The SMILES string of the molecule is O=C1CCCC1c1cnccc1C(F)(F)F. The Bertz CT molecular complexity index is 414. The zero-order valence-electron chi connectivity index (χ0n) is 8.42. The number of nitrogens with zero attached hydrogens (tertiary/aromatic N) is 1. The Kier molecular flexibility index (Phi) is 2.69. The number of pyridine rings is 1. The summed E-state index contributed by atoms with van der Waals surface area (Å²) in [7, 11) is 0. The van der Waals surface area contributed by atoms with Gasteiger partial charge in [0.2, 0.25) is 0 Å². The van der Waals surface area contributed by atoms with Crippen LogP contribution in [-0.2, 0) is 11.0 Å². The Morgan fingerprint density at radius 2 is 2.12 bits per heavy atom. The molecule has 2 rings (SSSR count). The van der Waals surface area contributed by atoms with Crippen LogP contribution in [0.25, 0.3) is 0 Å². The van der Waals surface area contributed by atoms with Crippen molar-refractivity contribution in [1.82, 2.24) is 4.98 Å². The largest absolute Gasteiger partial charge is 0.416 e. The molecule has 0 aliphatic heterocycles. The summed E-state index contributed by atoms with van der Waals surface area (Å²) in [5.41, 5.74) is -0.708. The molecule has 0 aromatic carbocycles. The summed E-state index contributed by atoms with van der Waals surface area (Å²) in [5, 5.41) is 0. The Morgan fingerprint density at radius 3 is 2.69 bits per heavy atom. The molecule has 0 radical (unpaired) electrons. The Labute approximate surface area is 90.5 Å². The molecule has 2 nitrogen and oxygen atoms in total. The quantitative estimate of drug-likeness (QED) is 0.741. The molecule has 1 aliphatic carbocycles. The van der Waals surface area contributed by atoms with E-state index in [0.717, 1.165) is 18.5 Å². The molecule has 0 amide bonds. The number of ketones is 1. The zero-order valence-corrected chi connectivity index (χ0v) is 8.42. The van der Waals surface area contributed by atoms with Gasteiger partial charge in [0.05, 0.1) is 5.56 Å². The molecule has 1 aliphatic rings. The minimum atomic E-state index is -4.42. The van der Waals surface area contributed by atoms with Gasteiger partial charge in [0.25, 0.3) is 0 Å². The molecular formula is C11H10F3NO. The molecule has 1 atom stereocenters. The number of carbonyl (C=O) groups excluding carboxylic acids is 1. The van der Waals surface area contributed by atoms with Crippen molar-refractivity contribution in [3.63, 3.8) is 0 Å². The van der Waals surface area contributed by atoms with Crippen LogP contribution in [0.1, 0.15) is 36.3 Å². The maximum atomic E-state index is 12.7. The third-order valence-corrected chi connectivity index (χ3v) is 2.84. The van der Waals surface area contributed by atoms with E-state index in [4.69, 9.17) is 0 Å². The van der Waals surface area contributed by atoms with Gasteiger partial charge in [0.15, 0.2) is 0 Å². The van der Waals surface area contributed by atoms with Crippen LogP contribution in [0.4, 0.5) is 13.2 Å². The first-order chi connectivity index (χ1) is 7.50. The fraction of sp³-hybridized carbons (Fsp3) is 0.455. The van der Waals surface area contributed by atoms with E-state index < -0.39 is 17.7 Å². The van der Waals surface area contributed by atoms with Crippen molar-refractivity contribution >= 4 is 5.78 Å². The van der Waals surface area contributed by atoms with Crippen molar-refractivity contribution in [2.24, 2.45) is 0 Å². The van der Waals surface area contributed by atoms with Crippen LogP contribution in [0.2, 0.25) is 0 Å². The minimum Gasteiger partial charge on any atom is -0.299 e. The summed E-state index contributed by atoms with van der Waals surface area (Å²) in [6.07, 6.45) is -0.621. The van der Waals surface area contributed by atoms with Gasteiger partial charge < -0.3 is 0 Å². The van der Waals surface area contributed by atoms with Crippen LogP contribution in [0.3, 0.4) is 0 Å². The molecule has 86 valence electrons. The van der Waals surface area contributed by atoms with E-state index in [1.807, 2.05) is 0 Å². The van der Waals surface area contributed by atoms with Crippen molar-refractivity contribution in [3.8, 4) is 0 Å². The highest BCUT2D eigenvalue weighted by molar-refractivity contribution is 5.87. The molecule has 0 bridgehead atoms. The zero-order chi connectivity index (χ0) is 11.8. The Hall–Kier alpha value is -1.39. The highest BCUT2D eigenvalue weighted by Gasteiger charge is 2.38. The lowest BCUT2D eigenvalue weighted by Crippen LogP contribution is -2.14. The van der Waals surface area contributed by atoms with Crippen LogP contribution in [0.5, 0.6) is 0 Å². The monoisotopic (exact) mass is 229 g/mol. The van der Waals surface area contributed by atoms with Crippen LogP contribution < -0.4 is 0 Å². The standard InChI is InChI=1S/C11H10F3NO/c12-11(13,14)9-4-5-15-6-8(9)7-2-1-3-10(7)16/h4-7H,1-3H2. The highest BCUT2D eigenvalue weighted by Crippen LogP contribution is 2.39. The molecule has 0 N–H and O–H groups in total. The van der Waals surface area contributed by atoms with Crippen LogP contribution in [0, 0.1) is 0 Å². The highest BCUT2D eigenvalue weighted by atomic mass is 19.4. The molecule has 1 fully saturated rings. The van der Waals surface area contributed by atoms with E-state index in [-0.39, 0.29) is 11.3 Å². The summed E-state index contributed by atoms with van der Waals surface area (Å²) in [4.78, 5) is 15.1. The van der Waals surface area contributed by atoms with Gasteiger partial charge in [0, 0.05) is 24.7 Å². The summed E-state index contributed by atoms with van der Waals surface area (Å²) in [6.45, 7) is 0. The Balaban J connectivity index is 2.44. The predicted molar refractivity (Wildman–Crippen MR) is 50.8 cm³/mol. The number of rotatable bonds is 1. The van der Waals surface area contributed by atoms with Gasteiger partial charge >= 0.3 is 6.18 Å². The van der Waals surface area contributed by atoms with Crippen LogP contribution in [-0.4, -0.2) is 10.8 Å². The summed E-state index contributed by atoms with van der Waals surface area (Å²) >= 11 is 0. The van der Waals surface area contributed by atoms with E-state index in [1.165, 1.54) is 0 Å². The van der Waals surface area contributed by atoms with Crippen LogP contribution in [0.15, 0.2) is 18.5 Å². The lowest BCUT2D eigenvalue weighted by Gasteiger charge is -2.15. The lowest BCUT2D eigenvalue weighted by atomic mass is 9.94. The summed E-state index contributed by atoms with van der Waals surface area (Å²) in [5.74, 6) is -0.733. The third-order valence-electron chi connectivity index (χ3n) is 2.84. The molecule has 0 spiro atoms. The molecule has 1 heterocycles. The van der Waals surface area contributed by atoms with E-state index in [2.05, 4.69) is 4.98 Å². The van der Waals surface area contributed by atoms with Gasteiger partial charge in [-0.05, 0) is 24.5 Å². The minimum absolute atomic E-state index is 0.0255. The van der Waals surface area contributed by atoms with E-state index in [1.54, 1.807) is 0 Å². The molecule has 1 saturated carbocycles. The first-order valence-corrected chi connectivity index (χ1v) is 5.04. The van der Waals surface area contributed by atoms with Gasteiger partial charge in [-0.25, -0.2) is 0 Å². The van der Waals surface area contributed by atoms with Gasteiger partial charge in [-0.3, -0.25) is 9.78 Å². The molecule has 1 aromatic rings. The van der Waals surface area contributed by atoms with Gasteiger partial charge in [-0.15, -0.1) is 0 Å². The molecule has 0 saturated heterocycles. The second kappa shape index (κ2) is 3.88. The molecule has 1 unspecified atom stereocenters. The molecule has 1 aromatic heterocycles. The average molecular weight is 229 g/mol. The number of halogens is 3. The van der Waals surface area contributed by atoms with Crippen molar-refractivity contribution in [2.45, 2.75) is 31.4 Å². The first kappa shape index (κ1) is 11.1. The number of carbonyl (C=O) groups is 1. The topological polar surface area (TPSA) is 30.0 Å². The average Bonchev–Trinajstić information content (AvgIpc) is 2.63. The number of hydrogen-bond acceptors (Lipinski definition) is 2. The second-order valence-corrected chi connectivity index (χ2v) is 3.87. The van der Waals surface area contributed by atoms with Crippen molar-refractivity contribution in [3.05, 3.63) is 29.6 Å². The third kappa shape index (κ3) is 1.94. The van der Waals surface area contributed by atoms with E-state index in [0.29, 0.717) is 19.3 Å². The molecular weight excluding hydrogens is 219 g/mol. The number of Topliss-reactive ketones (excluding diaryl/α,β-unsaturated/α-hetero) is 1. The van der Waals surface area contributed by atoms with Crippen LogP contribution >= 0.6 is 0 Å². The van der Waals surface area contributed by atoms with Gasteiger partial charge in [-0.1, -0.05) is 0 Å². The summed E-state index contributed by atoms with van der Waals surface area (Å²) in [6, 6.07) is 0.931. The van der Waals surface area contributed by atoms with E-state index >= 15 is 0 Å². The normalized spacial score (nSPS) is 21.4. The van der Waals surface area contributed by atoms with Crippen molar-refractivity contribution < 1.29 is 18.0 Å². The van der Waals surface area contributed by atoms with Gasteiger partial charge in [-0.2, -0.15) is 13.2 Å². The van der Waals surface area contributed by atoms with E-state index in [9.17, 15) is 18.0 Å². The molecule has 16 heavy (non-hydrogen) atoms. The maximum Gasteiger partial charge on any atom is 0.416 e. The fourth-order valence-electron chi connectivity index (χ4n) is 2.09. The fourth-order valence-corrected chi connectivity index (χ4v) is 2.09. The predicted octanol–water partition coefficient (Wildman–Crippen LogP) is 2.94. The summed E-state index contributed by atoms with van der Waals surface area (Å²) < 4.78 is 38.1. The number of hydrogen-bond donors (Lipinski definition) is 0. The smallest absolute Gasteiger partial charge is 0.299 e. The first-order valence-electron chi connectivity index (χ1n) is 5.04. The molecule has 5 heteroatoms. The Morgan fingerprint density at radius 1 is 1.38 bits per heavy atom. The second-order valence-electron chi connectivity index (χ2n) is 3.87. The number of aromatic nitrogens is 1. The number of alkyl halides is 3. The van der Waals surface area contributed by atoms with Crippen molar-refractivity contribution in [1.29, 1.82) is 0 Å². The van der Waals surface area contributed by atoms with Gasteiger partial charge in [0.1, 0.15) is 5.78 Å².